The molecule has 0 radical (unpaired) electrons. The summed E-state index contributed by atoms with van der Waals surface area (Å²) < 4.78 is 21.5. The molecule has 9 heteroatoms. The second-order valence-corrected chi connectivity index (χ2v) is 8.91. The number of rotatable bonds is 6. The van der Waals surface area contributed by atoms with E-state index in [4.69, 9.17) is 18.9 Å². The number of hydrogen-bond acceptors (Lipinski definition) is 7. The van der Waals surface area contributed by atoms with Crippen molar-refractivity contribution in [2.45, 2.75) is 26.2 Å². The minimum atomic E-state index is -0.443. The van der Waals surface area contributed by atoms with Crippen molar-refractivity contribution >= 4 is 44.1 Å². The number of benzene rings is 1. The maximum absolute atomic E-state index is 13.2. The standard InChI is InChI=1S/C21H24BrNO6S/c1-10-6-7-11-14(8-10)30-20(15(11)21(25)29-5)23-19(24)12-9-13(26-2)17(27-3)18(28-4)16(12)22/h9-10H,6-8H2,1-5H3,(H,23,24)/t10-/m0/s1. The molecule has 0 saturated carbocycles. The van der Waals surface area contributed by atoms with E-state index in [1.807, 2.05) is 0 Å². The van der Waals surface area contributed by atoms with Crippen LogP contribution in [0.2, 0.25) is 0 Å². The minimum absolute atomic E-state index is 0.292. The normalized spacial score (nSPS) is 15.2. The predicted molar refractivity (Wildman–Crippen MR) is 119 cm³/mol. The first-order valence-corrected chi connectivity index (χ1v) is 11.0. The van der Waals surface area contributed by atoms with Crippen LogP contribution < -0.4 is 19.5 Å². The monoisotopic (exact) mass is 497 g/mol. The Morgan fingerprint density at radius 1 is 1.13 bits per heavy atom. The molecule has 2 aromatic rings. The van der Waals surface area contributed by atoms with Gasteiger partial charge in [0.15, 0.2) is 11.5 Å². The molecule has 30 heavy (non-hydrogen) atoms. The summed E-state index contributed by atoms with van der Waals surface area (Å²) in [4.78, 5) is 26.8. The number of anilines is 1. The molecule has 1 aliphatic carbocycles. The molecule has 0 saturated heterocycles. The summed E-state index contributed by atoms with van der Waals surface area (Å²) in [5, 5.41) is 3.38. The molecular formula is C21H24BrNO6S. The summed E-state index contributed by atoms with van der Waals surface area (Å²) in [5.74, 6) is 0.762. The SMILES string of the molecule is COC(=O)c1c(NC(=O)c2cc(OC)c(OC)c(OC)c2Br)sc2c1CC[C@H](C)C2. The maximum Gasteiger partial charge on any atom is 0.341 e. The Morgan fingerprint density at radius 3 is 2.43 bits per heavy atom. The molecule has 0 bridgehead atoms. The molecule has 162 valence electrons. The Balaban J connectivity index is 2.04. The second-order valence-electron chi connectivity index (χ2n) is 7.01. The van der Waals surface area contributed by atoms with E-state index in [0.29, 0.717) is 43.8 Å². The van der Waals surface area contributed by atoms with Gasteiger partial charge in [-0.05, 0) is 52.7 Å². The van der Waals surface area contributed by atoms with E-state index in [-0.39, 0.29) is 0 Å². The first-order chi connectivity index (χ1) is 14.4. The van der Waals surface area contributed by atoms with Gasteiger partial charge in [-0.1, -0.05) is 6.92 Å². The van der Waals surface area contributed by atoms with Crippen molar-refractivity contribution in [1.82, 2.24) is 0 Å². The molecule has 1 amide bonds. The van der Waals surface area contributed by atoms with Crippen molar-refractivity contribution < 1.29 is 28.5 Å². The van der Waals surface area contributed by atoms with E-state index in [2.05, 4.69) is 28.2 Å². The van der Waals surface area contributed by atoms with Gasteiger partial charge in [-0.15, -0.1) is 11.3 Å². The van der Waals surface area contributed by atoms with Gasteiger partial charge in [0, 0.05) is 4.88 Å². The van der Waals surface area contributed by atoms with E-state index in [0.717, 1.165) is 29.7 Å². The summed E-state index contributed by atoms with van der Waals surface area (Å²) in [5.41, 5.74) is 1.71. The quantitative estimate of drug-likeness (QED) is 0.582. The third-order valence-electron chi connectivity index (χ3n) is 5.14. The van der Waals surface area contributed by atoms with Crippen LogP contribution in [-0.4, -0.2) is 40.3 Å². The highest BCUT2D eigenvalue weighted by Crippen LogP contribution is 2.45. The average molecular weight is 498 g/mol. The summed E-state index contributed by atoms with van der Waals surface area (Å²) in [7, 11) is 5.80. The number of hydrogen-bond donors (Lipinski definition) is 1. The van der Waals surface area contributed by atoms with Crippen LogP contribution in [0.3, 0.4) is 0 Å². The van der Waals surface area contributed by atoms with Crippen LogP contribution in [0.5, 0.6) is 17.2 Å². The van der Waals surface area contributed by atoms with Crippen LogP contribution in [0, 0.1) is 5.92 Å². The minimum Gasteiger partial charge on any atom is -0.493 e. The number of ether oxygens (including phenoxy) is 4. The van der Waals surface area contributed by atoms with Crippen LogP contribution in [0.1, 0.15) is 44.5 Å². The Hall–Kier alpha value is -2.26. The number of halogens is 1. The fraction of sp³-hybridized carbons (Fsp3) is 0.429. The number of carbonyl (C=O) groups is 2. The largest absolute Gasteiger partial charge is 0.493 e. The number of thiophene rings is 1. The summed E-state index contributed by atoms with van der Waals surface area (Å²) >= 11 is 4.86. The van der Waals surface area contributed by atoms with Crippen molar-refractivity contribution in [3.05, 3.63) is 32.1 Å². The van der Waals surface area contributed by atoms with Crippen molar-refractivity contribution in [2.75, 3.05) is 33.8 Å². The van der Waals surface area contributed by atoms with Gasteiger partial charge in [0.05, 0.1) is 44.0 Å². The molecule has 1 atom stereocenters. The molecular weight excluding hydrogens is 474 g/mol. The van der Waals surface area contributed by atoms with E-state index in [9.17, 15) is 9.59 Å². The Bertz CT molecular complexity index is 987. The van der Waals surface area contributed by atoms with Crippen LogP contribution in [-0.2, 0) is 17.6 Å². The van der Waals surface area contributed by atoms with Crippen LogP contribution >= 0.6 is 27.3 Å². The Morgan fingerprint density at radius 2 is 1.83 bits per heavy atom. The summed E-state index contributed by atoms with van der Waals surface area (Å²) in [6.45, 7) is 2.19. The lowest BCUT2D eigenvalue weighted by Crippen LogP contribution is -2.16. The fourth-order valence-corrected chi connectivity index (χ4v) is 5.64. The summed E-state index contributed by atoms with van der Waals surface area (Å²) in [6, 6.07) is 1.56. The first kappa shape index (κ1) is 22.4. The average Bonchev–Trinajstić information content (AvgIpc) is 3.09. The highest BCUT2D eigenvalue weighted by molar-refractivity contribution is 9.10. The third kappa shape index (κ3) is 4.00. The first-order valence-electron chi connectivity index (χ1n) is 9.38. The molecule has 0 unspecified atom stereocenters. The van der Waals surface area contributed by atoms with Gasteiger partial charge in [-0.2, -0.15) is 0 Å². The summed E-state index contributed by atoms with van der Waals surface area (Å²) in [6.07, 6.45) is 2.68. The number of methoxy groups -OCH3 is 4. The van der Waals surface area contributed by atoms with Gasteiger partial charge in [0.25, 0.3) is 5.91 Å². The molecule has 0 aliphatic heterocycles. The van der Waals surface area contributed by atoms with E-state index >= 15 is 0 Å². The number of nitrogens with one attached hydrogen (secondary N) is 1. The molecule has 1 heterocycles. The molecule has 7 nitrogen and oxygen atoms in total. The van der Waals surface area contributed by atoms with Gasteiger partial charge in [0.1, 0.15) is 5.00 Å². The molecule has 1 N–H and O–H groups in total. The predicted octanol–water partition coefficient (Wildman–Crippen LogP) is 4.70. The van der Waals surface area contributed by atoms with Crippen molar-refractivity contribution in [1.29, 1.82) is 0 Å². The van der Waals surface area contributed by atoms with Gasteiger partial charge in [-0.3, -0.25) is 4.79 Å². The lowest BCUT2D eigenvalue weighted by molar-refractivity contribution is 0.0601. The zero-order chi connectivity index (χ0) is 22.0. The maximum atomic E-state index is 13.2. The Kier molecular flexibility index (Phi) is 6.92. The molecule has 1 aliphatic rings. The van der Waals surface area contributed by atoms with E-state index in [1.165, 1.54) is 39.8 Å². The van der Waals surface area contributed by atoms with Crippen LogP contribution in [0.25, 0.3) is 0 Å². The van der Waals surface area contributed by atoms with Crippen LogP contribution in [0.4, 0.5) is 5.00 Å². The zero-order valence-corrected chi connectivity index (χ0v) is 19.9. The zero-order valence-electron chi connectivity index (χ0n) is 17.5. The molecule has 3 rings (SSSR count). The lowest BCUT2D eigenvalue weighted by Gasteiger charge is -2.18. The van der Waals surface area contributed by atoms with Gasteiger partial charge < -0.3 is 24.3 Å². The molecule has 0 fully saturated rings. The molecule has 1 aromatic carbocycles. The van der Waals surface area contributed by atoms with Gasteiger partial charge in [0.2, 0.25) is 5.75 Å². The van der Waals surface area contributed by atoms with Gasteiger partial charge in [-0.25, -0.2) is 4.79 Å². The Labute approximate surface area is 187 Å². The smallest absolute Gasteiger partial charge is 0.341 e. The number of carbonyl (C=O) groups excluding carboxylic acids is 2. The third-order valence-corrected chi connectivity index (χ3v) is 7.10. The number of amides is 1. The highest BCUT2D eigenvalue weighted by Gasteiger charge is 2.30. The number of fused-ring (bicyclic) bond motifs is 1. The van der Waals surface area contributed by atoms with E-state index < -0.39 is 11.9 Å². The topological polar surface area (TPSA) is 83.1 Å². The molecule has 1 aromatic heterocycles. The number of esters is 1. The lowest BCUT2D eigenvalue weighted by atomic mass is 9.88. The molecule has 0 spiro atoms. The highest BCUT2D eigenvalue weighted by atomic mass is 79.9. The second kappa shape index (κ2) is 9.26. The van der Waals surface area contributed by atoms with Crippen molar-refractivity contribution in [3.8, 4) is 17.2 Å². The van der Waals surface area contributed by atoms with Crippen molar-refractivity contribution in [2.24, 2.45) is 5.92 Å². The van der Waals surface area contributed by atoms with Crippen LogP contribution in [0.15, 0.2) is 10.5 Å². The van der Waals surface area contributed by atoms with Crippen molar-refractivity contribution in [3.63, 3.8) is 0 Å². The van der Waals surface area contributed by atoms with E-state index in [1.54, 1.807) is 6.07 Å². The fourth-order valence-electron chi connectivity index (χ4n) is 3.61. The van der Waals surface area contributed by atoms with Gasteiger partial charge >= 0.3 is 5.97 Å².